The van der Waals surface area contributed by atoms with Crippen molar-refractivity contribution in [3.8, 4) is 22.2 Å². The second-order valence-electron chi connectivity index (χ2n) is 7.98. The summed E-state index contributed by atoms with van der Waals surface area (Å²) in [6, 6.07) is 7.89. The number of rotatable bonds is 8. The summed E-state index contributed by atoms with van der Waals surface area (Å²) in [6.07, 6.45) is 6.56. The van der Waals surface area contributed by atoms with Gasteiger partial charge in [0, 0.05) is 30.1 Å². The van der Waals surface area contributed by atoms with E-state index in [2.05, 4.69) is 25.3 Å². The normalized spacial score (nSPS) is 18.4. The highest BCUT2D eigenvalue weighted by atomic mass is 35.5. The van der Waals surface area contributed by atoms with Gasteiger partial charge in [-0.15, -0.1) is 11.3 Å². The Morgan fingerprint density at radius 1 is 1.22 bits per heavy atom. The third kappa shape index (κ3) is 5.46. The van der Waals surface area contributed by atoms with Crippen molar-refractivity contribution < 1.29 is 4.74 Å². The molecule has 0 bridgehead atoms. The Kier molecular flexibility index (Phi) is 6.68. The number of piperidine rings is 1. The molecule has 1 aromatic carbocycles. The third-order valence-electron chi connectivity index (χ3n) is 5.24. The fourth-order valence-corrected chi connectivity index (χ4v) is 5.37. The molecular weight excluding hydrogens is 464 g/mol. The first-order valence-electron chi connectivity index (χ1n) is 10.8. The van der Waals surface area contributed by atoms with Crippen molar-refractivity contribution in [2.75, 3.05) is 23.1 Å². The van der Waals surface area contributed by atoms with Crippen LogP contribution in [0.2, 0.25) is 5.02 Å². The minimum Gasteiger partial charge on any atom is -0.437 e. The van der Waals surface area contributed by atoms with Gasteiger partial charge >= 0.3 is 0 Å². The number of nitrogens with one attached hydrogen (secondary N) is 3. The molecule has 2 aliphatic rings. The van der Waals surface area contributed by atoms with E-state index < -0.39 is 0 Å². The van der Waals surface area contributed by atoms with Gasteiger partial charge in [0.2, 0.25) is 11.8 Å². The molecule has 2 aromatic heterocycles. The number of benzene rings is 1. The van der Waals surface area contributed by atoms with E-state index in [-0.39, 0.29) is 0 Å². The zero-order chi connectivity index (χ0) is 21.9. The van der Waals surface area contributed by atoms with E-state index in [4.69, 9.17) is 21.3 Å². The molecule has 0 spiro atoms. The lowest BCUT2D eigenvalue weighted by atomic mass is 10.1. The largest absolute Gasteiger partial charge is 0.437 e. The molecule has 32 heavy (non-hydrogen) atoms. The number of halogens is 1. The molecule has 7 nitrogen and oxygen atoms in total. The Morgan fingerprint density at radius 2 is 2.12 bits per heavy atom. The Hall–Kier alpha value is -2.07. The zero-order valence-corrected chi connectivity index (χ0v) is 20.1. The van der Waals surface area contributed by atoms with Gasteiger partial charge in [-0.2, -0.15) is 0 Å². The Morgan fingerprint density at radius 3 is 2.91 bits per heavy atom. The summed E-state index contributed by atoms with van der Waals surface area (Å²) < 4.78 is 9.47. The van der Waals surface area contributed by atoms with Crippen molar-refractivity contribution in [2.24, 2.45) is 0 Å². The maximum atomic E-state index is 6.47. The first-order valence-corrected chi connectivity index (χ1v) is 12.9. The quantitative estimate of drug-likeness (QED) is 0.346. The summed E-state index contributed by atoms with van der Waals surface area (Å²) in [7, 11) is 0. The predicted octanol–water partition coefficient (Wildman–Crippen LogP) is 5.74. The van der Waals surface area contributed by atoms with Crippen LogP contribution in [-0.4, -0.2) is 39.3 Å². The van der Waals surface area contributed by atoms with Crippen molar-refractivity contribution in [1.82, 2.24) is 20.3 Å². The Labute approximate surface area is 200 Å². The molecule has 0 amide bonds. The lowest BCUT2D eigenvalue weighted by Crippen LogP contribution is -2.38. The maximum absolute atomic E-state index is 6.47. The van der Waals surface area contributed by atoms with Gasteiger partial charge in [-0.1, -0.05) is 11.6 Å². The molecular formula is C22H25ClN6OS2. The van der Waals surface area contributed by atoms with Gasteiger partial charge in [0.15, 0.2) is 0 Å². The second-order valence-corrected chi connectivity index (χ2v) is 10.7. The van der Waals surface area contributed by atoms with Gasteiger partial charge in [0.05, 0.1) is 21.4 Å². The van der Waals surface area contributed by atoms with E-state index in [9.17, 15) is 0 Å². The van der Waals surface area contributed by atoms with Gasteiger partial charge < -0.3 is 20.1 Å². The molecule has 1 unspecified atom stereocenters. The molecule has 1 saturated heterocycles. The van der Waals surface area contributed by atoms with Crippen LogP contribution in [0.1, 0.15) is 30.7 Å². The number of nitrogens with zero attached hydrogens (tertiary/aromatic N) is 3. The average Bonchev–Trinajstić information content (AvgIpc) is 3.55. The van der Waals surface area contributed by atoms with Crippen molar-refractivity contribution in [3.63, 3.8) is 0 Å². The number of aryl methyl sites for hydroxylation is 1. The van der Waals surface area contributed by atoms with Crippen LogP contribution in [-0.2, 0) is 0 Å². The van der Waals surface area contributed by atoms with E-state index in [1.807, 2.05) is 31.2 Å². The van der Waals surface area contributed by atoms with Crippen LogP contribution in [0.25, 0.3) is 10.6 Å². The van der Waals surface area contributed by atoms with E-state index in [0.717, 1.165) is 47.2 Å². The van der Waals surface area contributed by atoms with Crippen molar-refractivity contribution in [2.45, 2.75) is 43.9 Å². The standard InChI is InChI=1S/C22H25ClN6OS2/c1-13-26-21(30-15-4-7-18(17(23)11-15)29-32-16-5-6-16)20(31-13)19-8-10-25-22(28-19)27-14-3-2-9-24-12-14/h4,7-8,10-11,14,16,24,29H,2-3,5-6,9,12H2,1H3,(H,25,27,28). The number of hydrogen-bond acceptors (Lipinski definition) is 9. The summed E-state index contributed by atoms with van der Waals surface area (Å²) in [5.41, 5.74) is 1.69. The Bertz CT molecular complexity index is 1080. The fraction of sp³-hybridized carbons (Fsp3) is 0.409. The molecule has 1 atom stereocenters. The van der Waals surface area contributed by atoms with Crippen LogP contribution in [0, 0.1) is 6.92 Å². The summed E-state index contributed by atoms with van der Waals surface area (Å²) in [6.45, 7) is 3.96. The summed E-state index contributed by atoms with van der Waals surface area (Å²) >= 11 is 9.75. The zero-order valence-electron chi connectivity index (χ0n) is 17.7. The summed E-state index contributed by atoms with van der Waals surface area (Å²) in [4.78, 5) is 14.6. The summed E-state index contributed by atoms with van der Waals surface area (Å²) in [5.74, 6) is 1.80. The number of aromatic nitrogens is 3. The molecule has 3 N–H and O–H groups in total. The molecule has 3 heterocycles. The van der Waals surface area contributed by atoms with Gasteiger partial charge in [0.1, 0.15) is 10.6 Å². The van der Waals surface area contributed by atoms with Crippen LogP contribution < -0.4 is 20.1 Å². The molecule has 1 aliphatic heterocycles. The Balaban J connectivity index is 1.32. The van der Waals surface area contributed by atoms with Gasteiger partial charge in [-0.3, -0.25) is 0 Å². The molecule has 168 valence electrons. The van der Waals surface area contributed by atoms with Gasteiger partial charge in [-0.25, -0.2) is 15.0 Å². The molecule has 3 aromatic rings. The maximum Gasteiger partial charge on any atom is 0.240 e. The number of ether oxygens (including phenoxy) is 1. The highest BCUT2D eigenvalue weighted by Crippen LogP contribution is 2.40. The fourth-order valence-electron chi connectivity index (χ4n) is 3.44. The van der Waals surface area contributed by atoms with Crippen molar-refractivity contribution in [3.05, 3.63) is 40.5 Å². The highest BCUT2D eigenvalue weighted by Gasteiger charge is 2.22. The van der Waals surface area contributed by atoms with E-state index in [1.165, 1.54) is 12.8 Å². The molecule has 1 aliphatic carbocycles. The van der Waals surface area contributed by atoms with Crippen LogP contribution in [0.5, 0.6) is 11.6 Å². The molecule has 2 fully saturated rings. The van der Waals surface area contributed by atoms with E-state index >= 15 is 0 Å². The van der Waals surface area contributed by atoms with Gasteiger partial charge in [-0.05, 0) is 69.3 Å². The molecule has 10 heteroatoms. The van der Waals surface area contributed by atoms with Crippen molar-refractivity contribution in [1.29, 1.82) is 0 Å². The lowest BCUT2D eigenvalue weighted by molar-refractivity contribution is 0.467. The van der Waals surface area contributed by atoms with E-state index in [1.54, 1.807) is 29.5 Å². The second kappa shape index (κ2) is 9.82. The van der Waals surface area contributed by atoms with Crippen molar-refractivity contribution >= 4 is 46.5 Å². The predicted molar refractivity (Wildman–Crippen MR) is 133 cm³/mol. The van der Waals surface area contributed by atoms with Crippen LogP contribution in [0.15, 0.2) is 30.5 Å². The number of thiazole rings is 1. The minimum absolute atomic E-state index is 0.338. The molecule has 0 radical (unpaired) electrons. The number of anilines is 2. The summed E-state index contributed by atoms with van der Waals surface area (Å²) in [5, 5.41) is 9.07. The lowest BCUT2D eigenvalue weighted by Gasteiger charge is -2.23. The highest BCUT2D eigenvalue weighted by molar-refractivity contribution is 8.01. The SMILES string of the molecule is Cc1nc(Oc2ccc(NSC3CC3)c(Cl)c2)c(-c2ccnc(NC3CCCNC3)n2)s1. The average molecular weight is 489 g/mol. The minimum atomic E-state index is 0.338. The molecule has 1 saturated carbocycles. The van der Waals surface area contributed by atoms with Crippen LogP contribution in [0.4, 0.5) is 11.6 Å². The molecule has 5 rings (SSSR count). The van der Waals surface area contributed by atoms with Gasteiger partial charge in [0.25, 0.3) is 0 Å². The topological polar surface area (TPSA) is 84.0 Å². The number of hydrogen-bond donors (Lipinski definition) is 3. The van der Waals surface area contributed by atoms with E-state index in [0.29, 0.717) is 33.9 Å². The smallest absolute Gasteiger partial charge is 0.240 e. The first-order chi connectivity index (χ1) is 15.6. The third-order valence-corrected chi connectivity index (χ3v) is 7.67. The monoisotopic (exact) mass is 488 g/mol. The van der Waals surface area contributed by atoms with Crippen LogP contribution in [0.3, 0.4) is 0 Å². The first kappa shape index (κ1) is 21.8. The van der Waals surface area contributed by atoms with Crippen LogP contribution >= 0.6 is 34.9 Å².